The molecule has 1 unspecified atom stereocenters. The van der Waals surface area contributed by atoms with Gasteiger partial charge in [0.2, 0.25) is 6.04 Å². The summed E-state index contributed by atoms with van der Waals surface area (Å²) in [5.74, 6) is -1.78. The molecule has 1 atom stereocenters. The van der Waals surface area contributed by atoms with Crippen molar-refractivity contribution in [2.24, 2.45) is 0 Å². The Morgan fingerprint density at radius 2 is 1.81 bits per heavy atom. The summed E-state index contributed by atoms with van der Waals surface area (Å²) in [6, 6.07) is 2.15. The maximum absolute atomic E-state index is 11.4. The second-order valence-corrected chi connectivity index (χ2v) is 4.93. The minimum absolute atomic E-state index is 0.553. The molecule has 0 aliphatic carbocycles. The highest BCUT2D eigenvalue weighted by atomic mass is 79.9. The van der Waals surface area contributed by atoms with Gasteiger partial charge >= 0.3 is 5.97 Å². The Morgan fingerprint density at radius 3 is 2.38 bits per heavy atom. The molecule has 0 saturated carbocycles. The molecule has 16 heavy (non-hydrogen) atoms. The van der Waals surface area contributed by atoms with E-state index < -0.39 is 17.9 Å². The van der Waals surface area contributed by atoms with Gasteiger partial charge in [0, 0.05) is 8.95 Å². The maximum atomic E-state index is 11.4. The number of amides is 1. The van der Waals surface area contributed by atoms with Crippen LogP contribution in [0.4, 0.5) is 11.4 Å². The molecule has 0 saturated heterocycles. The van der Waals surface area contributed by atoms with Crippen LogP contribution in [0.5, 0.6) is 0 Å². The van der Waals surface area contributed by atoms with Gasteiger partial charge in [-0.1, -0.05) is 0 Å². The molecule has 0 radical (unpaired) electrons. The van der Waals surface area contributed by atoms with Crippen LogP contribution in [0.15, 0.2) is 21.1 Å². The molecule has 84 valence electrons. The number of carboxylic acid groups (broad SMARTS) is 1. The summed E-state index contributed by atoms with van der Waals surface area (Å²) < 4.78 is 1.56. The van der Waals surface area contributed by atoms with Gasteiger partial charge in [-0.15, -0.1) is 0 Å². The van der Waals surface area contributed by atoms with Crippen molar-refractivity contribution >= 4 is 55.1 Å². The Hall–Kier alpha value is -1.08. The predicted molar refractivity (Wildman–Crippen MR) is 65.5 cm³/mol. The standard InChI is InChI=1S/C9H6Br2N2O3/c10-3-1-5-6(2-4(3)11)13-8(14)7(12-5)9(15)16/h1-2,7,12H,(H,13,14)(H,15,16). The lowest BCUT2D eigenvalue weighted by Gasteiger charge is -2.24. The van der Waals surface area contributed by atoms with Crippen molar-refractivity contribution < 1.29 is 14.7 Å². The summed E-state index contributed by atoms with van der Waals surface area (Å²) in [6.07, 6.45) is 0. The Morgan fingerprint density at radius 1 is 1.25 bits per heavy atom. The van der Waals surface area contributed by atoms with Gasteiger partial charge in [-0.05, 0) is 44.0 Å². The lowest BCUT2D eigenvalue weighted by molar-refractivity contribution is -0.140. The van der Waals surface area contributed by atoms with Gasteiger partial charge in [0.15, 0.2) is 0 Å². The first-order valence-corrected chi connectivity index (χ1v) is 5.87. The van der Waals surface area contributed by atoms with Crippen molar-refractivity contribution in [2.75, 3.05) is 10.6 Å². The summed E-state index contributed by atoms with van der Waals surface area (Å²) >= 11 is 6.60. The van der Waals surface area contributed by atoms with Crippen LogP contribution in [-0.4, -0.2) is 23.0 Å². The summed E-state index contributed by atoms with van der Waals surface area (Å²) in [5.41, 5.74) is 1.12. The number of anilines is 2. The number of aliphatic carboxylic acids is 1. The lowest BCUT2D eigenvalue weighted by atomic mass is 10.1. The summed E-state index contributed by atoms with van der Waals surface area (Å²) in [6.45, 7) is 0. The average Bonchev–Trinajstić information content (AvgIpc) is 2.19. The van der Waals surface area contributed by atoms with Crippen LogP contribution in [-0.2, 0) is 9.59 Å². The molecule has 1 aliphatic rings. The number of hydrogen-bond donors (Lipinski definition) is 3. The van der Waals surface area contributed by atoms with Crippen LogP contribution in [0.3, 0.4) is 0 Å². The zero-order chi connectivity index (χ0) is 11.9. The van der Waals surface area contributed by atoms with Gasteiger partial charge in [-0.2, -0.15) is 0 Å². The number of nitrogens with one attached hydrogen (secondary N) is 2. The third-order valence-corrected chi connectivity index (χ3v) is 3.97. The SMILES string of the molecule is O=C(O)C1Nc2cc(Br)c(Br)cc2NC1=O. The maximum Gasteiger partial charge on any atom is 0.336 e. The second kappa shape index (κ2) is 4.06. The number of fused-ring (bicyclic) bond motifs is 1. The fourth-order valence-corrected chi connectivity index (χ4v) is 2.06. The zero-order valence-electron chi connectivity index (χ0n) is 7.75. The van der Waals surface area contributed by atoms with Crippen LogP contribution in [0.1, 0.15) is 0 Å². The molecule has 3 N–H and O–H groups in total. The van der Waals surface area contributed by atoms with Crippen molar-refractivity contribution in [2.45, 2.75) is 6.04 Å². The number of carbonyl (C=O) groups is 2. The van der Waals surface area contributed by atoms with Crippen LogP contribution in [0, 0.1) is 0 Å². The highest BCUT2D eigenvalue weighted by Crippen LogP contribution is 2.35. The quantitative estimate of drug-likeness (QED) is 0.678. The summed E-state index contributed by atoms with van der Waals surface area (Å²) in [5, 5.41) is 14.0. The molecule has 0 bridgehead atoms. The number of rotatable bonds is 1. The number of hydrogen-bond acceptors (Lipinski definition) is 3. The fourth-order valence-electron chi connectivity index (χ4n) is 1.37. The minimum atomic E-state index is -1.25. The molecule has 7 heteroatoms. The molecule has 1 aromatic rings. The van der Waals surface area contributed by atoms with Gasteiger partial charge in [-0.3, -0.25) is 4.79 Å². The van der Waals surface area contributed by atoms with E-state index in [9.17, 15) is 9.59 Å². The van der Waals surface area contributed by atoms with Gasteiger partial charge in [0.1, 0.15) is 0 Å². The van der Waals surface area contributed by atoms with Gasteiger partial charge in [0.05, 0.1) is 11.4 Å². The minimum Gasteiger partial charge on any atom is -0.479 e. The molecule has 0 aromatic heterocycles. The number of halogens is 2. The van der Waals surface area contributed by atoms with E-state index in [0.717, 1.165) is 8.95 Å². The number of carbonyl (C=O) groups excluding carboxylic acids is 1. The van der Waals surface area contributed by atoms with E-state index in [-0.39, 0.29) is 0 Å². The van der Waals surface area contributed by atoms with E-state index in [1.807, 2.05) is 0 Å². The Kier molecular flexibility index (Phi) is 2.90. The smallest absolute Gasteiger partial charge is 0.336 e. The molecule has 0 fully saturated rings. The van der Waals surface area contributed by atoms with E-state index in [1.54, 1.807) is 12.1 Å². The Bertz CT molecular complexity index is 490. The van der Waals surface area contributed by atoms with E-state index >= 15 is 0 Å². The van der Waals surface area contributed by atoms with E-state index in [0.29, 0.717) is 11.4 Å². The molecule has 2 rings (SSSR count). The molecular weight excluding hydrogens is 344 g/mol. The van der Waals surface area contributed by atoms with Gasteiger partial charge in [0.25, 0.3) is 5.91 Å². The zero-order valence-corrected chi connectivity index (χ0v) is 10.9. The first-order chi connectivity index (χ1) is 7.49. The topological polar surface area (TPSA) is 78.4 Å². The number of carboxylic acids is 1. The highest BCUT2D eigenvalue weighted by molar-refractivity contribution is 9.13. The number of benzene rings is 1. The van der Waals surface area contributed by atoms with E-state index in [2.05, 4.69) is 42.5 Å². The Balaban J connectivity index is 2.43. The summed E-state index contributed by atoms with van der Waals surface area (Å²) in [7, 11) is 0. The van der Waals surface area contributed by atoms with Gasteiger partial charge in [-0.25, -0.2) is 4.79 Å². The molecule has 1 aromatic carbocycles. The first kappa shape index (κ1) is 11.4. The van der Waals surface area contributed by atoms with Crippen molar-refractivity contribution in [3.63, 3.8) is 0 Å². The van der Waals surface area contributed by atoms with Crippen molar-refractivity contribution in [3.05, 3.63) is 21.1 Å². The van der Waals surface area contributed by atoms with Crippen LogP contribution < -0.4 is 10.6 Å². The van der Waals surface area contributed by atoms with Crippen LogP contribution >= 0.6 is 31.9 Å². The van der Waals surface area contributed by atoms with Crippen molar-refractivity contribution in [1.82, 2.24) is 0 Å². The third-order valence-electron chi connectivity index (χ3n) is 2.13. The predicted octanol–water partition coefficient (Wildman–Crippen LogP) is 2.03. The first-order valence-electron chi connectivity index (χ1n) is 4.28. The largest absolute Gasteiger partial charge is 0.479 e. The molecule has 1 aliphatic heterocycles. The molecule has 1 amide bonds. The highest BCUT2D eigenvalue weighted by Gasteiger charge is 2.31. The normalized spacial score (nSPS) is 18.4. The monoisotopic (exact) mass is 348 g/mol. The fraction of sp³-hybridized carbons (Fsp3) is 0.111. The van der Waals surface area contributed by atoms with Crippen LogP contribution in [0.2, 0.25) is 0 Å². The van der Waals surface area contributed by atoms with Crippen LogP contribution in [0.25, 0.3) is 0 Å². The summed E-state index contributed by atoms with van der Waals surface area (Å²) in [4.78, 5) is 22.2. The van der Waals surface area contributed by atoms with E-state index in [1.165, 1.54) is 0 Å². The second-order valence-electron chi connectivity index (χ2n) is 3.22. The van der Waals surface area contributed by atoms with Crippen molar-refractivity contribution in [3.8, 4) is 0 Å². The van der Waals surface area contributed by atoms with Crippen molar-refractivity contribution in [1.29, 1.82) is 0 Å². The average molecular weight is 350 g/mol. The molecule has 0 spiro atoms. The molecule has 5 nitrogen and oxygen atoms in total. The molecular formula is C9H6Br2N2O3. The molecule has 1 heterocycles. The van der Waals surface area contributed by atoms with E-state index in [4.69, 9.17) is 5.11 Å². The lowest BCUT2D eigenvalue weighted by Crippen LogP contribution is -2.44. The third kappa shape index (κ3) is 1.92. The van der Waals surface area contributed by atoms with Gasteiger partial charge < -0.3 is 15.7 Å². The Labute approximate surface area is 107 Å².